The quantitative estimate of drug-likeness (QED) is 0.373. The predicted octanol–water partition coefficient (Wildman–Crippen LogP) is 0.0858. The summed E-state index contributed by atoms with van der Waals surface area (Å²) >= 11 is 0. The first kappa shape index (κ1) is 13.7. The van der Waals surface area contributed by atoms with E-state index < -0.39 is 0 Å². The zero-order valence-electron chi connectivity index (χ0n) is 10.1. The van der Waals surface area contributed by atoms with E-state index in [0.29, 0.717) is 24.3 Å². The van der Waals surface area contributed by atoms with Crippen LogP contribution in [-0.4, -0.2) is 35.6 Å². The SMILES string of the molecule is CC(O)CCN(C)Cc1cc(C(=O)NN)co1. The summed E-state index contributed by atoms with van der Waals surface area (Å²) in [7, 11) is 1.92. The number of hydrogen-bond donors (Lipinski definition) is 3. The molecule has 1 amide bonds. The molecule has 6 nitrogen and oxygen atoms in total. The summed E-state index contributed by atoms with van der Waals surface area (Å²) < 4.78 is 5.24. The number of carbonyl (C=O) groups excluding carboxylic acids is 1. The molecule has 1 heterocycles. The van der Waals surface area contributed by atoms with Crippen LogP contribution in [0.25, 0.3) is 0 Å². The van der Waals surface area contributed by atoms with Crippen LogP contribution in [0.4, 0.5) is 0 Å². The van der Waals surface area contributed by atoms with Crippen LogP contribution in [0.15, 0.2) is 16.7 Å². The number of nitrogen functional groups attached to an aromatic ring is 1. The minimum atomic E-state index is -0.369. The number of hydrogen-bond acceptors (Lipinski definition) is 5. The van der Waals surface area contributed by atoms with Crippen molar-refractivity contribution in [1.29, 1.82) is 0 Å². The Morgan fingerprint density at radius 3 is 3.00 bits per heavy atom. The first-order chi connectivity index (χ1) is 8.02. The summed E-state index contributed by atoms with van der Waals surface area (Å²) in [6.45, 7) is 3.10. The molecule has 0 spiro atoms. The minimum Gasteiger partial charge on any atom is -0.467 e. The van der Waals surface area contributed by atoms with Crippen LogP contribution >= 0.6 is 0 Å². The number of furan rings is 1. The van der Waals surface area contributed by atoms with Gasteiger partial charge in [0.1, 0.15) is 12.0 Å². The molecule has 0 radical (unpaired) electrons. The molecule has 0 saturated carbocycles. The normalized spacial score (nSPS) is 12.8. The number of aliphatic hydroxyl groups is 1. The van der Waals surface area contributed by atoms with Gasteiger partial charge in [-0.3, -0.25) is 15.1 Å². The fraction of sp³-hybridized carbons (Fsp3) is 0.545. The zero-order chi connectivity index (χ0) is 12.8. The van der Waals surface area contributed by atoms with E-state index in [1.807, 2.05) is 17.4 Å². The molecule has 4 N–H and O–H groups in total. The number of rotatable bonds is 6. The average Bonchev–Trinajstić information content (AvgIpc) is 2.73. The summed E-state index contributed by atoms with van der Waals surface area (Å²) in [5.41, 5.74) is 2.45. The number of hydrazine groups is 1. The second-order valence-corrected chi connectivity index (χ2v) is 4.15. The van der Waals surface area contributed by atoms with E-state index in [0.717, 1.165) is 6.54 Å². The second-order valence-electron chi connectivity index (χ2n) is 4.15. The first-order valence-electron chi connectivity index (χ1n) is 5.48. The number of nitrogens with zero attached hydrogens (tertiary/aromatic N) is 1. The Morgan fingerprint density at radius 1 is 1.71 bits per heavy atom. The van der Waals surface area contributed by atoms with E-state index in [9.17, 15) is 4.79 Å². The lowest BCUT2D eigenvalue weighted by Gasteiger charge is -2.15. The molecule has 1 atom stereocenters. The molecule has 96 valence electrons. The van der Waals surface area contributed by atoms with Gasteiger partial charge in [0.05, 0.1) is 18.2 Å². The third-order valence-corrected chi connectivity index (χ3v) is 2.40. The number of aliphatic hydroxyl groups excluding tert-OH is 1. The Morgan fingerprint density at radius 2 is 2.41 bits per heavy atom. The average molecular weight is 241 g/mol. The van der Waals surface area contributed by atoms with Gasteiger partial charge in [0.15, 0.2) is 0 Å². The van der Waals surface area contributed by atoms with Crippen LogP contribution in [-0.2, 0) is 6.54 Å². The maximum atomic E-state index is 11.2. The molecule has 6 heteroatoms. The van der Waals surface area contributed by atoms with Crippen LogP contribution in [0, 0.1) is 0 Å². The number of nitrogens with one attached hydrogen (secondary N) is 1. The van der Waals surface area contributed by atoms with Gasteiger partial charge in [0, 0.05) is 6.54 Å². The molecule has 1 aromatic heterocycles. The second kappa shape index (κ2) is 6.39. The van der Waals surface area contributed by atoms with Gasteiger partial charge in [-0.05, 0) is 26.5 Å². The number of nitrogens with two attached hydrogens (primary N) is 1. The van der Waals surface area contributed by atoms with E-state index >= 15 is 0 Å². The third kappa shape index (κ3) is 4.56. The number of carbonyl (C=O) groups is 1. The maximum absolute atomic E-state index is 11.2. The summed E-state index contributed by atoms with van der Waals surface area (Å²) in [6.07, 6.45) is 1.76. The van der Waals surface area contributed by atoms with Gasteiger partial charge in [-0.25, -0.2) is 5.84 Å². The molecule has 0 aromatic carbocycles. The van der Waals surface area contributed by atoms with E-state index in [1.54, 1.807) is 13.0 Å². The Labute approximate surface area is 100 Å². The minimum absolute atomic E-state index is 0.312. The van der Waals surface area contributed by atoms with Crippen molar-refractivity contribution < 1.29 is 14.3 Å². The Hall–Kier alpha value is -1.37. The van der Waals surface area contributed by atoms with Gasteiger partial charge in [-0.15, -0.1) is 0 Å². The van der Waals surface area contributed by atoms with E-state index in [4.69, 9.17) is 15.4 Å². The monoisotopic (exact) mass is 241 g/mol. The summed E-state index contributed by atoms with van der Waals surface area (Å²) in [4.78, 5) is 13.2. The van der Waals surface area contributed by atoms with Gasteiger partial charge in [0.25, 0.3) is 5.91 Å². The predicted molar refractivity (Wildman–Crippen MR) is 63.0 cm³/mol. The zero-order valence-corrected chi connectivity index (χ0v) is 10.1. The maximum Gasteiger partial charge on any atom is 0.268 e. The molecule has 0 bridgehead atoms. The van der Waals surface area contributed by atoms with Crippen molar-refractivity contribution in [1.82, 2.24) is 10.3 Å². The van der Waals surface area contributed by atoms with Gasteiger partial charge >= 0.3 is 0 Å². The highest BCUT2D eigenvalue weighted by Crippen LogP contribution is 2.10. The molecular weight excluding hydrogens is 222 g/mol. The molecule has 1 unspecified atom stereocenters. The van der Waals surface area contributed by atoms with Crippen molar-refractivity contribution >= 4 is 5.91 Å². The smallest absolute Gasteiger partial charge is 0.268 e. The van der Waals surface area contributed by atoms with Gasteiger partial charge in [-0.1, -0.05) is 0 Å². The standard InChI is InChI=1S/C11H19N3O3/c1-8(15)3-4-14(2)6-10-5-9(7-17-10)11(16)13-12/h5,7-8,15H,3-4,6,12H2,1-2H3,(H,13,16). The highest BCUT2D eigenvalue weighted by Gasteiger charge is 2.10. The van der Waals surface area contributed by atoms with E-state index in [1.165, 1.54) is 6.26 Å². The summed E-state index contributed by atoms with van der Waals surface area (Å²) in [5.74, 6) is 5.34. The summed E-state index contributed by atoms with van der Waals surface area (Å²) in [6, 6.07) is 1.65. The lowest BCUT2D eigenvalue weighted by molar-refractivity contribution is 0.0953. The molecule has 1 aromatic rings. The topological polar surface area (TPSA) is 91.7 Å². The van der Waals surface area contributed by atoms with Crippen molar-refractivity contribution in [3.8, 4) is 0 Å². The van der Waals surface area contributed by atoms with Crippen molar-refractivity contribution in [2.24, 2.45) is 5.84 Å². The fourth-order valence-corrected chi connectivity index (χ4v) is 1.42. The lowest BCUT2D eigenvalue weighted by Crippen LogP contribution is -2.29. The Balaban J connectivity index is 2.46. The fourth-order valence-electron chi connectivity index (χ4n) is 1.42. The van der Waals surface area contributed by atoms with Gasteiger partial charge < -0.3 is 9.52 Å². The van der Waals surface area contributed by atoms with E-state index in [2.05, 4.69) is 0 Å². The molecule has 0 fully saturated rings. The molecular formula is C11H19N3O3. The molecule has 0 aliphatic carbocycles. The molecule has 1 rings (SSSR count). The lowest BCUT2D eigenvalue weighted by atomic mass is 10.2. The van der Waals surface area contributed by atoms with Crippen LogP contribution in [0.1, 0.15) is 29.5 Å². The van der Waals surface area contributed by atoms with Crippen LogP contribution in [0.3, 0.4) is 0 Å². The molecule has 17 heavy (non-hydrogen) atoms. The van der Waals surface area contributed by atoms with Crippen molar-refractivity contribution in [2.75, 3.05) is 13.6 Å². The highest BCUT2D eigenvalue weighted by atomic mass is 16.3. The van der Waals surface area contributed by atoms with Crippen LogP contribution < -0.4 is 11.3 Å². The van der Waals surface area contributed by atoms with Crippen molar-refractivity contribution in [3.05, 3.63) is 23.7 Å². The van der Waals surface area contributed by atoms with Crippen molar-refractivity contribution in [2.45, 2.75) is 26.0 Å². The van der Waals surface area contributed by atoms with Crippen molar-refractivity contribution in [3.63, 3.8) is 0 Å². The van der Waals surface area contributed by atoms with Gasteiger partial charge in [0.2, 0.25) is 0 Å². The van der Waals surface area contributed by atoms with E-state index in [-0.39, 0.29) is 12.0 Å². The van der Waals surface area contributed by atoms with Crippen LogP contribution in [0.2, 0.25) is 0 Å². The van der Waals surface area contributed by atoms with Gasteiger partial charge in [-0.2, -0.15) is 0 Å². The highest BCUT2D eigenvalue weighted by molar-refractivity contribution is 5.93. The molecule has 0 aliphatic rings. The first-order valence-corrected chi connectivity index (χ1v) is 5.48. The molecule has 0 aliphatic heterocycles. The summed E-state index contributed by atoms with van der Waals surface area (Å²) in [5, 5.41) is 9.16. The Kier molecular flexibility index (Phi) is 5.14. The Bertz CT molecular complexity index is 363. The third-order valence-electron chi connectivity index (χ3n) is 2.40. The van der Waals surface area contributed by atoms with Crippen LogP contribution in [0.5, 0.6) is 0 Å². The largest absolute Gasteiger partial charge is 0.467 e. The number of amides is 1. The molecule has 0 saturated heterocycles.